The second-order valence-corrected chi connectivity index (χ2v) is 3.83. The van der Waals surface area contributed by atoms with Crippen LogP contribution in [0.25, 0.3) is 0 Å². The molecule has 0 bridgehead atoms. The van der Waals surface area contributed by atoms with Gasteiger partial charge in [0.25, 0.3) is 0 Å². The highest BCUT2D eigenvalue weighted by atomic mass is 16.6. The van der Waals surface area contributed by atoms with Crippen LogP contribution in [0.2, 0.25) is 0 Å². The van der Waals surface area contributed by atoms with Crippen molar-refractivity contribution in [3.63, 3.8) is 0 Å². The van der Waals surface area contributed by atoms with Gasteiger partial charge in [-0.05, 0) is 12.8 Å². The fourth-order valence-electron chi connectivity index (χ4n) is 1.54. The van der Waals surface area contributed by atoms with E-state index in [9.17, 15) is 5.11 Å². The van der Waals surface area contributed by atoms with Gasteiger partial charge in [-0.3, -0.25) is 0 Å². The van der Waals surface area contributed by atoms with Crippen molar-refractivity contribution in [2.45, 2.75) is 57.7 Å². The van der Waals surface area contributed by atoms with Gasteiger partial charge in [0.05, 0.1) is 18.3 Å². The van der Waals surface area contributed by atoms with Crippen LogP contribution in [0.3, 0.4) is 0 Å². The monoisotopic (exact) mass is 172 g/mol. The third-order valence-electron chi connectivity index (χ3n) is 2.70. The maximum atomic E-state index is 9.61. The van der Waals surface area contributed by atoms with Crippen LogP contribution in [0.15, 0.2) is 0 Å². The molecule has 1 fully saturated rings. The molecule has 0 aromatic rings. The summed E-state index contributed by atoms with van der Waals surface area (Å²) in [6.45, 7) is 5.13. The third-order valence-corrected chi connectivity index (χ3v) is 2.70. The Morgan fingerprint density at radius 2 is 2.17 bits per heavy atom. The van der Waals surface area contributed by atoms with E-state index in [1.165, 1.54) is 0 Å². The zero-order chi connectivity index (χ0) is 9.03. The molecule has 0 spiro atoms. The van der Waals surface area contributed by atoms with Crippen molar-refractivity contribution in [1.82, 2.24) is 0 Å². The van der Waals surface area contributed by atoms with Gasteiger partial charge in [-0.2, -0.15) is 0 Å². The van der Waals surface area contributed by atoms with Crippen molar-refractivity contribution < 1.29 is 9.84 Å². The van der Waals surface area contributed by atoms with E-state index in [2.05, 4.69) is 13.8 Å². The molecule has 1 aliphatic heterocycles. The lowest BCUT2D eigenvalue weighted by Crippen LogP contribution is -2.19. The van der Waals surface area contributed by atoms with E-state index < -0.39 is 0 Å². The van der Waals surface area contributed by atoms with Crippen LogP contribution in [-0.4, -0.2) is 23.4 Å². The molecule has 1 heterocycles. The summed E-state index contributed by atoms with van der Waals surface area (Å²) in [7, 11) is 0. The Bertz CT molecular complexity index is 130. The molecule has 2 atom stereocenters. The normalized spacial score (nSPS) is 30.2. The summed E-state index contributed by atoms with van der Waals surface area (Å²) < 4.78 is 5.34. The average molecular weight is 172 g/mol. The SMILES string of the molecule is CCCCC(O)CC1(CC)CO1. The van der Waals surface area contributed by atoms with Gasteiger partial charge >= 0.3 is 0 Å². The first kappa shape index (κ1) is 10.0. The molecule has 0 radical (unpaired) electrons. The Kier molecular flexibility index (Phi) is 3.53. The molecule has 0 aromatic heterocycles. The van der Waals surface area contributed by atoms with Crippen molar-refractivity contribution in [3.8, 4) is 0 Å². The fourth-order valence-corrected chi connectivity index (χ4v) is 1.54. The molecule has 1 aliphatic rings. The van der Waals surface area contributed by atoms with Gasteiger partial charge < -0.3 is 9.84 Å². The van der Waals surface area contributed by atoms with Gasteiger partial charge in [-0.1, -0.05) is 26.7 Å². The van der Waals surface area contributed by atoms with Crippen LogP contribution < -0.4 is 0 Å². The standard InChI is InChI=1S/C10H20O2/c1-3-5-6-9(11)7-10(4-2)8-12-10/h9,11H,3-8H2,1-2H3. The number of aliphatic hydroxyl groups excluding tert-OH is 1. The minimum absolute atomic E-state index is 0.0627. The molecule has 12 heavy (non-hydrogen) atoms. The van der Waals surface area contributed by atoms with E-state index in [0.29, 0.717) is 0 Å². The summed E-state index contributed by atoms with van der Waals surface area (Å²) >= 11 is 0. The first-order chi connectivity index (χ1) is 5.72. The number of unbranched alkanes of at least 4 members (excludes halogenated alkanes) is 1. The van der Waals surface area contributed by atoms with Crippen molar-refractivity contribution in [3.05, 3.63) is 0 Å². The van der Waals surface area contributed by atoms with Crippen LogP contribution in [0, 0.1) is 0 Å². The van der Waals surface area contributed by atoms with Crippen molar-refractivity contribution in [1.29, 1.82) is 0 Å². The molecule has 1 rings (SSSR count). The molecular formula is C10H20O2. The predicted octanol–water partition coefficient (Wildman–Crippen LogP) is 2.11. The maximum absolute atomic E-state index is 9.61. The van der Waals surface area contributed by atoms with E-state index in [0.717, 1.165) is 38.7 Å². The molecule has 0 aliphatic carbocycles. The first-order valence-electron chi connectivity index (χ1n) is 5.04. The van der Waals surface area contributed by atoms with Gasteiger partial charge in [0.2, 0.25) is 0 Å². The van der Waals surface area contributed by atoms with Gasteiger partial charge in [0.1, 0.15) is 0 Å². The van der Waals surface area contributed by atoms with Crippen molar-refractivity contribution >= 4 is 0 Å². The highest BCUT2D eigenvalue weighted by Gasteiger charge is 2.43. The van der Waals surface area contributed by atoms with Crippen molar-refractivity contribution in [2.24, 2.45) is 0 Å². The summed E-state index contributed by atoms with van der Waals surface area (Å²) in [5.74, 6) is 0. The fraction of sp³-hybridized carbons (Fsp3) is 1.00. The number of rotatable bonds is 6. The second kappa shape index (κ2) is 4.24. The van der Waals surface area contributed by atoms with Gasteiger partial charge in [0, 0.05) is 6.42 Å². The largest absolute Gasteiger partial charge is 0.393 e. The molecule has 0 aromatic carbocycles. The third kappa shape index (κ3) is 2.76. The zero-order valence-electron chi connectivity index (χ0n) is 8.18. The molecule has 72 valence electrons. The summed E-state index contributed by atoms with van der Waals surface area (Å²) in [6, 6.07) is 0. The molecule has 1 N–H and O–H groups in total. The maximum Gasteiger partial charge on any atom is 0.0938 e. The van der Waals surface area contributed by atoms with Crippen molar-refractivity contribution in [2.75, 3.05) is 6.61 Å². The molecule has 0 saturated carbocycles. The Morgan fingerprint density at radius 3 is 2.58 bits per heavy atom. The van der Waals surface area contributed by atoms with Gasteiger partial charge in [-0.15, -0.1) is 0 Å². The van der Waals surface area contributed by atoms with E-state index >= 15 is 0 Å². The summed E-state index contributed by atoms with van der Waals surface area (Å²) in [4.78, 5) is 0. The Hall–Kier alpha value is -0.0800. The van der Waals surface area contributed by atoms with Crippen LogP contribution >= 0.6 is 0 Å². The summed E-state index contributed by atoms with van der Waals surface area (Å²) in [5.41, 5.74) is 0.0627. The van der Waals surface area contributed by atoms with Crippen LogP contribution in [-0.2, 0) is 4.74 Å². The molecule has 1 saturated heterocycles. The lowest BCUT2D eigenvalue weighted by atomic mass is 9.97. The zero-order valence-corrected chi connectivity index (χ0v) is 8.18. The number of hydrogen-bond donors (Lipinski definition) is 1. The number of aliphatic hydroxyl groups is 1. The van der Waals surface area contributed by atoms with Gasteiger partial charge in [-0.25, -0.2) is 0 Å². The Labute approximate surface area is 74.9 Å². The first-order valence-corrected chi connectivity index (χ1v) is 5.04. The highest BCUT2D eigenvalue weighted by Crippen LogP contribution is 2.36. The summed E-state index contributed by atoms with van der Waals surface area (Å²) in [5, 5.41) is 9.61. The van der Waals surface area contributed by atoms with Crippen LogP contribution in [0.4, 0.5) is 0 Å². The van der Waals surface area contributed by atoms with E-state index in [4.69, 9.17) is 4.74 Å². The number of hydrogen-bond acceptors (Lipinski definition) is 2. The van der Waals surface area contributed by atoms with E-state index in [1.54, 1.807) is 0 Å². The molecular weight excluding hydrogens is 152 g/mol. The lowest BCUT2D eigenvalue weighted by molar-refractivity contribution is 0.112. The van der Waals surface area contributed by atoms with Crippen LogP contribution in [0.1, 0.15) is 46.0 Å². The minimum atomic E-state index is -0.146. The highest BCUT2D eigenvalue weighted by molar-refractivity contribution is 4.92. The van der Waals surface area contributed by atoms with E-state index in [1.807, 2.05) is 0 Å². The smallest absolute Gasteiger partial charge is 0.0938 e. The number of epoxide rings is 1. The molecule has 2 heteroatoms. The molecule has 0 amide bonds. The van der Waals surface area contributed by atoms with Crippen LogP contribution in [0.5, 0.6) is 0 Å². The quantitative estimate of drug-likeness (QED) is 0.622. The lowest BCUT2D eigenvalue weighted by Gasteiger charge is -2.14. The van der Waals surface area contributed by atoms with E-state index in [-0.39, 0.29) is 11.7 Å². The Balaban J connectivity index is 2.13. The Morgan fingerprint density at radius 1 is 1.50 bits per heavy atom. The topological polar surface area (TPSA) is 32.8 Å². The predicted molar refractivity (Wildman–Crippen MR) is 49.1 cm³/mol. The number of ether oxygens (including phenoxy) is 1. The van der Waals surface area contributed by atoms with Gasteiger partial charge in [0.15, 0.2) is 0 Å². The molecule has 2 nitrogen and oxygen atoms in total. The minimum Gasteiger partial charge on any atom is -0.393 e. The second-order valence-electron chi connectivity index (χ2n) is 3.83. The summed E-state index contributed by atoms with van der Waals surface area (Å²) in [6.07, 6.45) is 4.95. The average Bonchev–Trinajstić information content (AvgIpc) is 2.82. The molecule has 2 unspecified atom stereocenters.